The van der Waals surface area contributed by atoms with E-state index in [0.29, 0.717) is 5.69 Å². The third-order valence-corrected chi connectivity index (χ3v) is 4.99. The normalized spacial score (nSPS) is 11.4. The number of nitrogens with one attached hydrogen (secondary N) is 2. The summed E-state index contributed by atoms with van der Waals surface area (Å²) in [6.45, 7) is -0.124. The van der Waals surface area contributed by atoms with Crippen molar-refractivity contribution < 1.29 is 13.2 Å². The van der Waals surface area contributed by atoms with Crippen molar-refractivity contribution in [1.29, 1.82) is 0 Å². The molecule has 136 valence electrons. The van der Waals surface area contributed by atoms with E-state index in [-0.39, 0.29) is 17.9 Å². The Hall–Kier alpha value is -3.14. The van der Waals surface area contributed by atoms with E-state index in [1.807, 2.05) is 0 Å². The molecule has 3 rings (SSSR count). The molecule has 1 amide bonds. The number of hydrogen-bond acceptors (Lipinski definition) is 5. The Morgan fingerprint density at radius 2 is 2.04 bits per heavy atom. The molecule has 0 radical (unpaired) electrons. The molecule has 10 heteroatoms. The van der Waals surface area contributed by atoms with Crippen molar-refractivity contribution in [1.82, 2.24) is 19.5 Å². The Bertz CT molecular complexity index is 1120. The Labute approximate surface area is 149 Å². The molecule has 0 aliphatic carbocycles. The SMILES string of the molecule is Cn1cccc(C(=O)NCCS(=O)(=O)Nc2ccn3nccc3c2)c1=O. The quantitative estimate of drug-likeness (QED) is 0.639. The number of aromatic nitrogens is 3. The molecule has 2 N–H and O–H groups in total. The number of fused-ring (bicyclic) bond motifs is 1. The minimum atomic E-state index is -3.66. The molecule has 3 aromatic heterocycles. The highest BCUT2D eigenvalue weighted by atomic mass is 32.2. The maximum atomic E-state index is 12.2. The van der Waals surface area contributed by atoms with Crippen LogP contribution in [0, 0.1) is 0 Å². The number of amides is 1. The molecule has 0 aliphatic heterocycles. The lowest BCUT2D eigenvalue weighted by Gasteiger charge is -2.09. The van der Waals surface area contributed by atoms with E-state index in [2.05, 4.69) is 15.1 Å². The number of anilines is 1. The average Bonchev–Trinajstić information content (AvgIpc) is 3.04. The van der Waals surface area contributed by atoms with E-state index in [1.165, 1.54) is 23.9 Å². The van der Waals surface area contributed by atoms with Crippen LogP contribution in [0.3, 0.4) is 0 Å². The first kappa shape index (κ1) is 17.7. The van der Waals surface area contributed by atoms with Crippen LogP contribution >= 0.6 is 0 Å². The molecule has 0 unspecified atom stereocenters. The van der Waals surface area contributed by atoms with Crippen molar-refractivity contribution in [2.45, 2.75) is 0 Å². The van der Waals surface area contributed by atoms with Crippen LogP contribution in [-0.2, 0) is 17.1 Å². The van der Waals surface area contributed by atoms with Gasteiger partial charge in [-0.2, -0.15) is 5.10 Å². The highest BCUT2D eigenvalue weighted by Crippen LogP contribution is 2.12. The fourth-order valence-electron chi connectivity index (χ4n) is 2.38. The zero-order valence-electron chi connectivity index (χ0n) is 13.9. The van der Waals surface area contributed by atoms with Crippen molar-refractivity contribution in [3.8, 4) is 0 Å². The number of hydrogen-bond donors (Lipinski definition) is 2. The molecule has 0 fully saturated rings. The summed E-state index contributed by atoms with van der Waals surface area (Å²) in [5, 5.41) is 6.48. The van der Waals surface area contributed by atoms with Crippen LogP contribution in [0.15, 0.2) is 53.7 Å². The summed E-state index contributed by atoms with van der Waals surface area (Å²) in [5.74, 6) is -0.932. The van der Waals surface area contributed by atoms with E-state index in [0.717, 1.165) is 5.52 Å². The second-order valence-electron chi connectivity index (χ2n) is 5.63. The Morgan fingerprint density at radius 1 is 1.23 bits per heavy atom. The maximum Gasteiger partial charge on any atom is 0.263 e. The van der Waals surface area contributed by atoms with Crippen molar-refractivity contribution in [3.63, 3.8) is 0 Å². The summed E-state index contributed by atoms with van der Waals surface area (Å²) in [7, 11) is -2.13. The summed E-state index contributed by atoms with van der Waals surface area (Å²) in [5.41, 5.74) is 0.673. The molecule has 0 bridgehead atoms. The van der Waals surface area contributed by atoms with Crippen molar-refractivity contribution >= 4 is 27.1 Å². The first-order valence-electron chi connectivity index (χ1n) is 7.73. The van der Waals surface area contributed by atoms with Crippen LogP contribution < -0.4 is 15.6 Å². The smallest absolute Gasteiger partial charge is 0.263 e. The largest absolute Gasteiger partial charge is 0.351 e. The number of nitrogens with zero attached hydrogens (tertiary/aromatic N) is 3. The molecule has 0 saturated heterocycles. The maximum absolute atomic E-state index is 12.2. The molecule has 0 spiro atoms. The van der Waals surface area contributed by atoms with Gasteiger partial charge < -0.3 is 9.88 Å². The molecular formula is C16H17N5O4S. The van der Waals surface area contributed by atoms with E-state index < -0.39 is 21.5 Å². The molecule has 0 aromatic carbocycles. The zero-order valence-corrected chi connectivity index (χ0v) is 14.7. The van der Waals surface area contributed by atoms with Crippen molar-refractivity contribution in [3.05, 3.63) is 64.8 Å². The molecule has 0 aliphatic rings. The standard InChI is InChI=1S/C16H17N5O4S/c1-20-8-2-3-14(16(20)23)15(22)17-7-10-26(24,25)19-12-5-9-21-13(11-12)4-6-18-21/h2-6,8-9,11,19H,7,10H2,1H3,(H,17,22). The Kier molecular flexibility index (Phi) is 4.76. The third-order valence-electron chi connectivity index (χ3n) is 3.70. The Balaban J connectivity index is 1.60. The number of carbonyl (C=O) groups excluding carboxylic acids is 1. The summed E-state index contributed by atoms with van der Waals surface area (Å²) in [4.78, 5) is 23.9. The summed E-state index contributed by atoms with van der Waals surface area (Å²) in [6, 6.07) is 7.95. The van der Waals surface area contributed by atoms with Gasteiger partial charge in [-0.1, -0.05) is 0 Å². The van der Waals surface area contributed by atoms with Gasteiger partial charge in [-0.25, -0.2) is 12.9 Å². The minimum absolute atomic E-state index is 0.0356. The highest BCUT2D eigenvalue weighted by molar-refractivity contribution is 7.92. The fourth-order valence-corrected chi connectivity index (χ4v) is 3.34. The van der Waals surface area contributed by atoms with Gasteiger partial charge in [-0.05, 0) is 30.3 Å². The number of aryl methyl sites for hydroxylation is 1. The number of sulfonamides is 1. The summed E-state index contributed by atoms with van der Waals surface area (Å²) < 4.78 is 29.7. The van der Waals surface area contributed by atoms with E-state index in [4.69, 9.17) is 0 Å². The van der Waals surface area contributed by atoms with Crippen molar-refractivity contribution in [2.75, 3.05) is 17.0 Å². The van der Waals surface area contributed by atoms with Gasteiger partial charge in [-0.3, -0.25) is 14.3 Å². The van der Waals surface area contributed by atoms with Crippen LogP contribution in [-0.4, -0.2) is 40.8 Å². The van der Waals surface area contributed by atoms with Crippen LogP contribution in [0.1, 0.15) is 10.4 Å². The van der Waals surface area contributed by atoms with Gasteiger partial charge in [0.1, 0.15) is 5.56 Å². The zero-order chi connectivity index (χ0) is 18.7. The molecule has 26 heavy (non-hydrogen) atoms. The summed E-state index contributed by atoms with van der Waals surface area (Å²) >= 11 is 0. The van der Waals surface area contributed by atoms with Crippen molar-refractivity contribution in [2.24, 2.45) is 7.05 Å². The van der Waals surface area contributed by atoms with E-state index >= 15 is 0 Å². The first-order valence-corrected chi connectivity index (χ1v) is 9.39. The Morgan fingerprint density at radius 3 is 2.85 bits per heavy atom. The average molecular weight is 375 g/mol. The van der Waals surface area contributed by atoms with Crippen LogP contribution in [0.25, 0.3) is 5.52 Å². The van der Waals surface area contributed by atoms with Gasteiger partial charge in [0.25, 0.3) is 11.5 Å². The van der Waals surface area contributed by atoms with Gasteiger partial charge in [0.2, 0.25) is 10.0 Å². The second kappa shape index (κ2) is 7.00. The van der Waals surface area contributed by atoms with E-state index in [9.17, 15) is 18.0 Å². The van der Waals surface area contributed by atoms with Crippen LogP contribution in [0.5, 0.6) is 0 Å². The predicted molar refractivity (Wildman–Crippen MR) is 96.6 cm³/mol. The minimum Gasteiger partial charge on any atom is -0.351 e. The topological polar surface area (TPSA) is 115 Å². The number of rotatable bonds is 6. The number of carbonyl (C=O) groups is 1. The lowest BCUT2D eigenvalue weighted by atomic mass is 10.2. The van der Waals surface area contributed by atoms with Gasteiger partial charge in [0, 0.05) is 32.2 Å². The monoisotopic (exact) mass is 375 g/mol. The lowest BCUT2D eigenvalue weighted by molar-refractivity contribution is 0.0954. The number of pyridine rings is 2. The van der Waals surface area contributed by atoms with Gasteiger partial charge in [0.15, 0.2) is 0 Å². The molecule has 3 heterocycles. The van der Waals surface area contributed by atoms with Gasteiger partial charge >= 0.3 is 0 Å². The van der Waals surface area contributed by atoms with Crippen LogP contribution in [0.2, 0.25) is 0 Å². The van der Waals surface area contributed by atoms with Crippen LogP contribution in [0.4, 0.5) is 5.69 Å². The van der Waals surface area contributed by atoms with Gasteiger partial charge in [-0.15, -0.1) is 0 Å². The lowest BCUT2D eigenvalue weighted by Crippen LogP contribution is -2.35. The predicted octanol–water partition coefficient (Wildman–Crippen LogP) is 0.205. The molecule has 9 nitrogen and oxygen atoms in total. The molecule has 0 atom stereocenters. The summed E-state index contributed by atoms with van der Waals surface area (Å²) in [6.07, 6.45) is 4.78. The van der Waals surface area contributed by atoms with Gasteiger partial charge in [0.05, 0.1) is 17.0 Å². The fraction of sp³-hybridized carbons (Fsp3) is 0.188. The third kappa shape index (κ3) is 3.91. The molecular weight excluding hydrogens is 358 g/mol. The molecule has 0 saturated carbocycles. The second-order valence-corrected chi connectivity index (χ2v) is 7.47. The highest BCUT2D eigenvalue weighted by Gasteiger charge is 2.14. The van der Waals surface area contributed by atoms with E-state index in [1.54, 1.807) is 41.2 Å². The first-order chi connectivity index (χ1) is 12.4. The molecule has 3 aromatic rings.